The van der Waals surface area contributed by atoms with E-state index in [-0.39, 0.29) is 25.0 Å². The van der Waals surface area contributed by atoms with Crippen molar-refractivity contribution in [2.75, 3.05) is 13.2 Å². The van der Waals surface area contributed by atoms with Crippen LogP contribution in [0.5, 0.6) is 11.5 Å². The van der Waals surface area contributed by atoms with Crippen LogP contribution in [0.1, 0.15) is 11.1 Å². The first-order chi connectivity index (χ1) is 15.5. The molecule has 2 N–H and O–H groups in total. The molecule has 0 atom stereocenters. The molecule has 0 fully saturated rings. The fraction of sp³-hybridized carbons (Fsp3) is 0.167. The van der Waals surface area contributed by atoms with Gasteiger partial charge in [-0.1, -0.05) is 48.5 Å². The molecule has 0 unspecified atom stereocenters. The van der Waals surface area contributed by atoms with Crippen LogP contribution in [0.15, 0.2) is 81.7 Å². The van der Waals surface area contributed by atoms with Crippen LogP contribution in [-0.2, 0) is 22.7 Å². The van der Waals surface area contributed by atoms with E-state index in [1.54, 1.807) is 12.1 Å². The Kier molecular flexibility index (Phi) is 9.13. The SMILES string of the molecule is O=C(COc1ccccc1Br)NCc1cccc(CNC(=O)COc2ccccc2Br)c1. The Balaban J connectivity index is 1.40. The van der Waals surface area contributed by atoms with E-state index < -0.39 is 0 Å². The molecule has 0 aromatic heterocycles. The number of halogens is 2. The zero-order valence-corrected chi connectivity index (χ0v) is 20.3. The summed E-state index contributed by atoms with van der Waals surface area (Å²) in [5.74, 6) is 0.792. The van der Waals surface area contributed by atoms with Gasteiger partial charge in [-0.2, -0.15) is 0 Å². The quantitative estimate of drug-likeness (QED) is 0.379. The molecule has 0 radical (unpaired) electrons. The summed E-state index contributed by atoms with van der Waals surface area (Å²) in [5.41, 5.74) is 1.85. The summed E-state index contributed by atoms with van der Waals surface area (Å²) in [4.78, 5) is 24.2. The smallest absolute Gasteiger partial charge is 0.258 e. The molecule has 0 saturated heterocycles. The first-order valence-corrected chi connectivity index (χ1v) is 11.5. The van der Waals surface area contributed by atoms with Crippen LogP contribution >= 0.6 is 31.9 Å². The summed E-state index contributed by atoms with van der Waals surface area (Å²) in [5, 5.41) is 5.67. The molecule has 8 heteroatoms. The summed E-state index contributed by atoms with van der Waals surface area (Å²) in [7, 11) is 0. The lowest BCUT2D eigenvalue weighted by Crippen LogP contribution is -2.29. The Bertz CT molecular complexity index is 994. The largest absolute Gasteiger partial charge is 0.483 e. The Morgan fingerprint density at radius 3 is 1.53 bits per heavy atom. The third-order valence-electron chi connectivity index (χ3n) is 4.36. The number of rotatable bonds is 10. The molecular weight excluding hydrogens is 540 g/mol. The van der Waals surface area contributed by atoms with E-state index in [0.29, 0.717) is 24.6 Å². The van der Waals surface area contributed by atoms with E-state index >= 15 is 0 Å². The molecule has 166 valence electrons. The first-order valence-electron chi connectivity index (χ1n) is 9.87. The van der Waals surface area contributed by atoms with Crippen LogP contribution in [0, 0.1) is 0 Å². The predicted molar refractivity (Wildman–Crippen MR) is 129 cm³/mol. The Hall–Kier alpha value is -2.84. The summed E-state index contributed by atoms with van der Waals surface area (Å²) in [6.07, 6.45) is 0. The summed E-state index contributed by atoms with van der Waals surface area (Å²) in [6.45, 7) is 0.585. The van der Waals surface area contributed by atoms with Gasteiger partial charge in [0.25, 0.3) is 11.8 Å². The molecule has 0 bridgehead atoms. The van der Waals surface area contributed by atoms with Crippen LogP contribution in [0.25, 0.3) is 0 Å². The first kappa shape index (κ1) is 23.8. The lowest BCUT2D eigenvalue weighted by molar-refractivity contribution is -0.124. The van der Waals surface area contributed by atoms with Crippen molar-refractivity contribution in [1.29, 1.82) is 0 Å². The van der Waals surface area contributed by atoms with Gasteiger partial charge in [-0.15, -0.1) is 0 Å². The minimum Gasteiger partial charge on any atom is -0.483 e. The van der Waals surface area contributed by atoms with Gasteiger partial charge in [0.2, 0.25) is 0 Å². The van der Waals surface area contributed by atoms with Crippen molar-refractivity contribution in [2.24, 2.45) is 0 Å². The van der Waals surface area contributed by atoms with E-state index in [9.17, 15) is 9.59 Å². The van der Waals surface area contributed by atoms with Crippen molar-refractivity contribution in [3.63, 3.8) is 0 Å². The van der Waals surface area contributed by atoms with Gasteiger partial charge in [-0.3, -0.25) is 9.59 Å². The molecule has 0 aliphatic heterocycles. The number of ether oxygens (including phenoxy) is 2. The van der Waals surface area contributed by atoms with E-state index in [1.807, 2.05) is 60.7 Å². The van der Waals surface area contributed by atoms with Crippen molar-refractivity contribution in [3.8, 4) is 11.5 Å². The van der Waals surface area contributed by atoms with Crippen LogP contribution in [0.4, 0.5) is 0 Å². The molecule has 3 aromatic carbocycles. The fourth-order valence-corrected chi connectivity index (χ4v) is 3.56. The number of benzene rings is 3. The molecular formula is C24H22Br2N2O4. The second kappa shape index (κ2) is 12.3. The van der Waals surface area contributed by atoms with Crippen molar-refractivity contribution in [1.82, 2.24) is 10.6 Å². The second-order valence-electron chi connectivity index (χ2n) is 6.81. The highest BCUT2D eigenvalue weighted by Gasteiger charge is 2.07. The topological polar surface area (TPSA) is 76.7 Å². The molecule has 0 saturated carbocycles. The highest BCUT2D eigenvalue weighted by Crippen LogP contribution is 2.24. The molecule has 32 heavy (non-hydrogen) atoms. The number of para-hydroxylation sites is 2. The summed E-state index contributed by atoms with van der Waals surface area (Å²) < 4.78 is 12.6. The van der Waals surface area contributed by atoms with Crippen molar-refractivity contribution >= 4 is 43.7 Å². The Morgan fingerprint density at radius 2 is 1.09 bits per heavy atom. The maximum absolute atomic E-state index is 12.1. The molecule has 0 aliphatic rings. The standard InChI is InChI=1S/C24H22Br2N2O4/c25-19-8-1-3-10-21(19)31-15-23(29)27-13-17-6-5-7-18(12-17)14-28-24(30)16-32-22-11-4-2-9-20(22)26/h1-12H,13-16H2,(H,27,29)(H,28,30). The number of carbonyl (C=O) groups is 2. The number of hydrogen-bond donors (Lipinski definition) is 2. The van der Waals surface area contributed by atoms with Gasteiger partial charge in [-0.25, -0.2) is 0 Å². The molecule has 3 rings (SSSR count). The van der Waals surface area contributed by atoms with Gasteiger partial charge in [0.05, 0.1) is 8.95 Å². The molecule has 2 amide bonds. The normalized spacial score (nSPS) is 10.3. The van der Waals surface area contributed by atoms with E-state index in [2.05, 4.69) is 42.5 Å². The highest BCUT2D eigenvalue weighted by atomic mass is 79.9. The van der Waals surface area contributed by atoms with Crippen LogP contribution in [-0.4, -0.2) is 25.0 Å². The van der Waals surface area contributed by atoms with Crippen LogP contribution < -0.4 is 20.1 Å². The van der Waals surface area contributed by atoms with Crippen molar-refractivity contribution < 1.29 is 19.1 Å². The lowest BCUT2D eigenvalue weighted by atomic mass is 10.1. The third-order valence-corrected chi connectivity index (χ3v) is 5.67. The Labute approximate surface area is 203 Å². The summed E-state index contributed by atoms with van der Waals surface area (Å²) >= 11 is 6.77. The third kappa shape index (κ3) is 7.69. The van der Waals surface area contributed by atoms with Gasteiger partial charge in [0, 0.05) is 13.1 Å². The van der Waals surface area contributed by atoms with E-state index in [1.165, 1.54) is 0 Å². The zero-order chi connectivity index (χ0) is 22.8. The van der Waals surface area contributed by atoms with Gasteiger partial charge < -0.3 is 20.1 Å². The fourth-order valence-electron chi connectivity index (χ4n) is 2.76. The van der Waals surface area contributed by atoms with E-state index in [0.717, 1.165) is 20.1 Å². The highest BCUT2D eigenvalue weighted by molar-refractivity contribution is 9.10. The predicted octanol–water partition coefficient (Wildman–Crippen LogP) is 4.60. The number of carbonyl (C=O) groups excluding carboxylic acids is 2. The average Bonchev–Trinajstić information content (AvgIpc) is 2.80. The maximum Gasteiger partial charge on any atom is 0.258 e. The minimum atomic E-state index is -0.219. The van der Waals surface area contributed by atoms with Crippen molar-refractivity contribution in [3.05, 3.63) is 92.9 Å². The molecule has 3 aromatic rings. The molecule has 0 heterocycles. The molecule has 0 aliphatic carbocycles. The average molecular weight is 562 g/mol. The second-order valence-corrected chi connectivity index (χ2v) is 8.52. The lowest BCUT2D eigenvalue weighted by Gasteiger charge is -2.11. The van der Waals surface area contributed by atoms with Gasteiger partial charge in [0.1, 0.15) is 11.5 Å². The maximum atomic E-state index is 12.1. The van der Waals surface area contributed by atoms with Crippen molar-refractivity contribution in [2.45, 2.75) is 13.1 Å². The number of hydrogen-bond acceptors (Lipinski definition) is 4. The minimum absolute atomic E-state index is 0.0735. The molecule has 6 nitrogen and oxygen atoms in total. The van der Waals surface area contributed by atoms with Gasteiger partial charge >= 0.3 is 0 Å². The Morgan fingerprint density at radius 1 is 0.656 bits per heavy atom. The van der Waals surface area contributed by atoms with Crippen LogP contribution in [0.2, 0.25) is 0 Å². The number of amides is 2. The zero-order valence-electron chi connectivity index (χ0n) is 17.1. The van der Waals surface area contributed by atoms with Gasteiger partial charge in [0.15, 0.2) is 13.2 Å². The summed E-state index contributed by atoms with van der Waals surface area (Å²) in [6, 6.07) is 22.4. The monoisotopic (exact) mass is 560 g/mol. The molecule has 0 spiro atoms. The van der Waals surface area contributed by atoms with E-state index in [4.69, 9.17) is 9.47 Å². The van der Waals surface area contributed by atoms with Crippen LogP contribution in [0.3, 0.4) is 0 Å². The number of nitrogens with one attached hydrogen (secondary N) is 2. The van der Waals surface area contributed by atoms with Gasteiger partial charge in [-0.05, 0) is 67.3 Å².